The van der Waals surface area contributed by atoms with Crippen molar-refractivity contribution in [3.05, 3.63) is 345 Å². The van der Waals surface area contributed by atoms with E-state index >= 15 is 0 Å². The van der Waals surface area contributed by atoms with Gasteiger partial charge in [0, 0.05) is 17.1 Å². The van der Waals surface area contributed by atoms with Gasteiger partial charge in [0.25, 0.3) is 0 Å². The zero-order valence-corrected chi connectivity index (χ0v) is 58.6. The monoisotopic (exact) mass is 1390 g/mol. The number of para-hydroxylation sites is 8. The summed E-state index contributed by atoms with van der Waals surface area (Å²) in [6, 6.07) is 123. The van der Waals surface area contributed by atoms with Crippen LogP contribution in [0.25, 0.3) is 65.4 Å². The van der Waals surface area contributed by atoms with Gasteiger partial charge in [-0.3, -0.25) is 0 Å². The predicted molar refractivity (Wildman–Crippen MR) is 440 cm³/mol. The van der Waals surface area contributed by atoms with Crippen molar-refractivity contribution in [2.24, 2.45) is 0 Å². The molecular formula is C94H61B2N5O2Se. The number of fused-ring (bicyclic) bond motifs is 18. The molecule has 0 saturated heterocycles. The number of nitrogens with zero attached hydrogens (tertiary/aromatic N) is 5. The predicted octanol–water partition coefficient (Wildman–Crippen LogP) is 19.7. The summed E-state index contributed by atoms with van der Waals surface area (Å²) in [5.41, 5.74) is 30.5. The molecule has 4 aliphatic rings. The maximum atomic E-state index is 7.62. The SMILES string of the molecule is Cc1c2c(c(C)c3c1B1c4ccccc4N(c4ccccc4)c4c1c(cc1c4oc4cc5ccc(N(c6ccccc6)c6ccccc6)cc5cc41)N3c1ccccc1)N(c1ccccc1)c1cc3c(oc4cc5ccc(N(c6ccccc6)c6ccccc6)cc5cc43)c3c1B2c1ccccc1[Se]3. The molecule has 7 nitrogen and oxygen atoms in total. The molecule has 104 heavy (non-hydrogen) atoms. The molecule has 6 heterocycles. The van der Waals surface area contributed by atoms with Crippen LogP contribution < -0.4 is 66.2 Å². The summed E-state index contributed by atoms with van der Waals surface area (Å²) >= 11 is -0.113. The Kier molecular flexibility index (Phi) is 13.0. The Bertz CT molecular complexity index is 6500. The van der Waals surface area contributed by atoms with Gasteiger partial charge in [-0.2, -0.15) is 0 Å². The van der Waals surface area contributed by atoms with Gasteiger partial charge in [-0.1, -0.05) is 72.8 Å². The van der Waals surface area contributed by atoms with Gasteiger partial charge in [-0.15, -0.1) is 0 Å². The minimum absolute atomic E-state index is 0.113. The van der Waals surface area contributed by atoms with Crippen LogP contribution in [-0.2, 0) is 0 Å². The molecule has 10 heteroatoms. The van der Waals surface area contributed by atoms with E-state index in [1.165, 1.54) is 69.9 Å². The first-order valence-corrected chi connectivity index (χ1v) is 37.5. The molecule has 0 N–H and O–H groups in total. The van der Waals surface area contributed by atoms with Gasteiger partial charge in [-0.25, -0.2) is 0 Å². The van der Waals surface area contributed by atoms with Crippen molar-refractivity contribution in [1.29, 1.82) is 0 Å². The summed E-state index contributed by atoms with van der Waals surface area (Å²) in [4.78, 5) is 12.5. The van der Waals surface area contributed by atoms with E-state index in [-0.39, 0.29) is 28.4 Å². The third kappa shape index (κ3) is 8.67. The summed E-state index contributed by atoms with van der Waals surface area (Å²) in [7, 11) is 0. The molecule has 22 rings (SSSR count). The molecule has 0 spiro atoms. The zero-order valence-electron chi connectivity index (χ0n) is 56.9. The van der Waals surface area contributed by atoms with Gasteiger partial charge < -0.3 is 4.90 Å². The molecule has 0 saturated carbocycles. The van der Waals surface area contributed by atoms with Crippen molar-refractivity contribution in [2.45, 2.75) is 13.8 Å². The second-order valence-electron chi connectivity index (χ2n) is 27.9. The molecule has 2 aromatic heterocycles. The van der Waals surface area contributed by atoms with E-state index in [2.05, 4.69) is 372 Å². The van der Waals surface area contributed by atoms with E-state index in [1.807, 2.05) is 0 Å². The normalized spacial score (nSPS) is 13.2. The summed E-state index contributed by atoms with van der Waals surface area (Å²) in [5, 5.41) is 8.85. The summed E-state index contributed by atoms with van der Waals surface area (Å²) < 4.78 is 17.8. The van der Waals surface area contributed by atoms with Crippen LogP contribution in [-0.4, -0.2) is 28.4 Å². The Morgan fingerprint density at radius 1 is 0.288 bits per heavy atom. The molecular weight excluding hydrogens is 1330 g/mol. The Labute approximate surface area is 608 Å². The first kappa shape index (κ1) is 59.0. The fourth-order valence-electron chi connectivity index (χ4n) is 17.9. The van der Waals surface area contributed by atoms with E-state index in [9.17, 15) is 0 Å². The summed E-state index contributed by atoms with van der Waals surface area (Å²) in [6.45, 7) is 4.54. The summed E-state index contributed by atoms with van der Waals surface area (Å²) in [6.07, 6.45) is 0. The topological polar surface area (TPSA) is 42.5 Å². The third-order valence-corrected chi connectivity index (χ3v) is 24.8. The van der Waals surface area contributed by atoms with Crippen molar-refractivity contribution in [1.82, 2.24) is 0 Å². The molecule has 0 radical (unpaired) electrons. The van der Waals surface area contributed by atoms with Crippen LogP contribution in [0.15, 0.2) is 342 Å². The first-order chi connectivity index (χ1) is 51.5. The molecule has 16 aromatic carbocycles. The van der Waals surface area contributed by atoms with E-state index < -0.39 is 0 Å². The van der Waals surface area contributed by atoms with Crippen molar-refractivity contribution in [3.63, 3.8) is 0 Å². The van der Waals surface area contributed by atoms with Gasteiger partial charge >= 0.3 is 459 Å². The maximum absolute atomic E-state index is 7.62. The Morgan fingerprint density at radius 2 is 0.683 bits per heavy atom. The van der Waals surface area contributed by atoms with Crippen molar-refractivity contribution >= 4 is 221 Å². The molecule has 18 aromatic rings. The number of benzene rings is 16. The standard InChI is InChI=1S/C94H61B2N5O2Se/c1-58-85-89(59(2)90-86(58)96-78-43-25-27-45-84(78)104-94-88(96)81(101(90)70-40-22-9-23-41-70)57-76-74-53-63-51-72(49-47-61(63)55-83(74)103-93(76)94)98(66-32-14-5-15-33-66)67-34-16-6-17-35-67)100(69-38-20-8-21-39-69)80-56-75-73-52-62-50-71(97(64-28-10-3-11-29-64)65-30-12-4-13-31-65)48-46-60(62)54-82(73)102-92(75)91-87(80)95(85)77-42-24-26-44-79(77)99(91)68-36-18-7-19-37-68/h3-57H,1-2H3. The van der Waals surface area contributed by atoms with Crippen LogP contribution in [0.5, 0.6) is 0 Å². The van der Waals surface area contributed by atoms with Crippen molar-refractivity contribution < 1.29 is 8.83 Å². The molecule has 0 atom stereocenters. The van der Waals surface area contributed by atoms with Crippen LogP contribution >= 0.6 is 0 Å². The third-order valence-electron chi connectivity index (χ3n) is 22.3. The van der Waals surface area contributed by atoms with E-state index in [4.69, 9.17) is 8.83 Å². The number of anilines is 15. The van der Waals surface area contributed by atoms with E-state index in [1.54, 1.807) is 0 Å². The van der Waals surface area contributed by atoms with Crippen LogP contribution in [0.1, 0.15) is 11.1 Å². The average molecular weight is 1390 g/mol. The number of furan rings is 2. The van der Waals surface area contributed by atoms with Crippen molar-refractivity contribution in [2.75, 3.05) is 24.5 Å². The molecule has 0 unspecified atom stereocenters. The van der Waals surface area contributed by atoms with Gasteiger partial charge in [0.2, 0.25) is 0 Å². The minimum atomic E-state index is -0.217. The number of rotatable bonds is 9. The quantitative estimate of drug-likeness (QED) is 0.133. The molecule has 0 aliphatic carbocycles. The van der Waals surface area contributed by atoms with Gasteiger partial charge in [-0.05, 0) is 59.3 Å². The number of hydrogen-bond donors (Lipinski definition) is 0. The molecule has 4 aliphatic heterocycles. The zero-order chi connectivity index (χ0) is 68.4. The van der Waals surface area contributed by atoms with E-state index in [0.717, 1.165) is 134 Å². The second kappa shape index (κ2) is 22.9. The Hall–Kier alpha value is -12.7. The molecule has 0 fully saturated rings. The van der Waals surface area contributed by atoms with Crippen molar-refractivity contribution in [3.8, 4) is 0 Å². The fraction of sp³-hybridized carbons (Fsp3) is 0.0213. The van der Waals surface area contributed by atoms with Crippen LogP contribution in [0.2, 0.25) is 0 Å². The van der Waals surface area contributed by atoms with E-state index in [0.29, 0.717) is 0 Å². The summed E-state index contributed by atoms with van der Waals surface area (Å²) in [5.74, 6) is 0. The number of hydrogen-bond acceptors (Lipinski definition) is 7. The molecule has 0 bridgehead atoms. The van der Waals surface area contributed by atoms with Crippen LogP contribution in [0, 0.1) is 13.8 Å². The van der Waals surface area contributed by atoms with Gasteiger partial charge in [0.1, 0.15) is 0 Å². The van der Waals surface area contributed by atoms with Crippen LogP contribution in [0.4, 0.5) is 85.3 Å². The Balaban J connectivity index is 0.817. The molecule has 486 valence electrons. The molecule has 0 amide bonds. The fourth-order valence-corrected chi connectivity index (χ4v) is 20.6. The Morgan fingerprint density at radius 3 is 1.17 bits per heavy atom. The van der Waals surface area contributed by atoms with Gasteiger partial charge in [0.15, 0.2) is 0 Å². The average Bonchev–Trinajstić information content (AvgIpc) is 0.910. The first-order valence-electron chi connectivity index (χ1n) is 35.8. The second-order valence-corrected chi connectivity index (χ2v) is 30.1. The van der Waals surface area contributed by atoms with Gasteiger partial charge in [0.05, 0.1) is 0 Å². The van der Waals surface area contributed by atoms with Crippen LogP contribution in [0.3, 0.4) is 0 Å².